The van der Waals surface area contributed by atoms with Crippen LogP contribution in [0.1, 0.15) is 41.7 Å². The SMILES string of the molecule is Cc1ccc(-n2c(O)c3c(c2O)C2CCC3O2)cc1Cl. The Hall–Kier alpha value is -1.65. The van der Waals surface area contributed by atoms with Gasteiger partial charge in [-0.05, 0) is 37.5 Å². The molecule has 104 valence electrons. The zero-order chi connectivity index (χ0) is 14.0. The third kappa shape index (κ3) is 1.41. The number of aryl methyl sites for hydroxylation is 1. The van der Waals surface area contributed by atoms with E-state index in [-0.39, 0.29) is 24.0 Å². The van der Waals surface area contributed by atoms with E-state index in [0.29, 0.717) is 10.7 Å². The second-order valence-corrected chi connectivity index (χ2v) is 5.84. The first-order chi connectivity index (χ1) is 9.58. The van der Waals surface area contributed by atoms with Crippen molar-refractivity contribution in [2.75, 3.05) is 0 Å². The molecule has 3 heterocycles. The minimum absolute atomic E-state index is 0.0598. The second kappa shape index (κ2) is 3.93. The van der Waals surface area contributed by atoms with E-state index in [0.717, 1.165) is 29.5 Å². The van der Waals surface area contributed by atoms with Crippen LogP contribution in [0, 0.1) is 6.92 Å². The number of hydrogen-bond donors (Lipinski definition) is 2. The van der Waals surface area contributed by atoms with Crippen molar-refractivity contribution >= 4 is 11.6 Å². The van der Waals surface area contributed by atoms with Crippen LogP contribution in [-0.4, -0.2) is 14.8 Å². The highest BCUT2D eigenvalue weighted by atomic mass is 35.5. The van der Waals surface area contributed by atoms with Crippen LogP contribution >= 0.6 is 11.6 Å². The normalized spacial score (nSPS) is 23.3. The summed E-state index contributed by atoms with van der Waals surface area (Å²) in [6.07, 6.45) is 1.60. The molecule has 4 nitrogen and oxygen atoms in total. The van der Waals surface area contributed by atoms with Gasteiger partial charge in [0.25, 0.3) is 0 Å². The van der Waals surface area contributed by atoms with Crippen molar-refractivity contribution in [1.29, 1.82) is 0 Å². The molecular formula is C15H14ClNO3. The van der Waals surface area contributed by atoms with Gasteiger partial charge in [0.15, 0.2) is 0 Å². The molecule has 0 radical (unpaired) electrons. The molecule has 0 saturated carbocycles. The number of benzene rings is 1. The summed E-state index contributed by atoms with van der Waals surface area (Å²) < 4.78 is 7.17. The van der Waals surface area contributed by atoms with Crippen molar-refractivity contribution in [3.05, 3.63) is 39.9 Å². The number of fused-ring (bicyclic) bond motifs is 5. The monoisotopic (exact) mass is 291 g/mol. The van der Waals surface area contributed by atoms with E-state index in [9.17, 15) is 10.2 Å². The zero-order valence-corrected chi connectivity index (χ0v) is 11.7. The van der Waals surface area contributed by atoms with Crippen LogP contribution in [0.5, 0.6) is 11.8 Å². The molecule has 2 unspecified atom stereocenters. The largest absolute Gasteiger partial charge is 0.494 e. The highest BCUT2D eigenvalue weighted by molar-refractivity contribution is 6.31. The van der Waals surface area contributed by atoms with Gasteiger partial charge in [0.2, 0.25) is 11.8 Å². The first-order valence-electron chi connectivity index (χ1n) is 6.66. The standard InChI is InChI=1S/C15H14ClNO3/c1-7-2-3-8(6-9(7)16)17-14(18)12-10-4-5-11(20-10)13(12)15(17)19/h2-3,6,10-11,18-19H,4-5H2,1H3. The smallest absolute Gasteiger partial charge is 0.205 e. The summed E-state index contributed by atoms with van der Waals surface area (Å²) in [5.74, 6) is 0.120. The van der Waals surface area contributed by atoms with Crippen LogP contribution in [0.2, 0.25) is 5.02 Å². The molecule has 2 N–H and O–H groups in total. The van der Waals surface area contributed by atoms with Crippen LogP contribution < -0.4 is 0 Å². The Kier molecular flexibility index (Phi) is 2.38. The number of halogens is 1. The first-order valence-corrected chi connectivity index (χ1v) is 7.04. The lowest BCUT2D eigenvalue weighted by atomic mass is 9.95. The molecule has 2 aromatic rings. The highest BCUT2D eigenvalue weighted by Gasteiger charge is 2.45. The van der Waals surface area contributed by atoms with Gasteiger partial charge in [-0.1, -0.05) is 17.7 Å². The lowest BCUT2D eigenvalue weighted by Gasteiger charge is -2.11. The fourth-order valence-electron chi connectivity index (χ4n) is 3.24. The lowest BCUT2D eigenvalue weighted by Crippen LogP contribution is -1.96. The number of hydrogen-bond acceptors (Lipinski definition) is 3. The molecule has 2 bridgehead atoms. The summed E-state index contributed by atoms with van der Waals surface area (Å²) in [6, 6.07) is 5.44. The molecule has 2 aliphatic heterocycles. The predicted molar refractivity (Wildman–Crippen MR) is 74.6 cm³/mol. The van der Waals surface area contributed by atoms with Crippen molar-refractivity contribution in [2.45, 2.75) is 32.0 Å². The molecule has 0 spiro atoms. The van der Waals surface area contributed by atoms with Crippen molar-refractivity contribution in [2.24, 2.45) is 0 Å². The second-order valence-electron chi connectivity index (χ2n) is 5.43. The number of aromatic hydroxyl groups is 2. The van der Waals surface area contributed by atoms with E-state index in [1.807, 2.05) is 19.1 Å². The first kappa shape index (κ1) is 12.1. The molecule has 4 rings (SSSR count). The maximum Gasteiger partial charge on any atom is 0.205 e. The molecule has 1 saturated heterocycles. The van der Waals surface area contributed by atoms with Gasteiger partial charge in [0, 0.05) is 5.02 Å². The maximum absolute atomic E-state index is 10.4. The van der Waals surface area contributed by atoms with Crippen molar-refractivity contribution in [3.63, 3.8) is 0 Å². The molecule has 20 heavy (non-hydrogen) atoms. The van der Waals surface area contributed by atoms with Crippen molar-refractivity contribution < 1.29 is 14.9 Å². The van der Waals surface area contributed by atoms with Gasteiger partial charge in [-0.2, -0.15) is 0 Å². The van der Waals surface area contributed by atoms with E-state index in [1.165, 1.54) is 4.57 Å². The maximum atomic E-state index is 10.4. The third-order valence-corrected chi connectivity index (χ3v) is 4.68. The average Bonchev–Trinajstić information content (AvgIpc) is 3.08. The average molecular weight is 292 g/mol. The van der Waals surface area contributed by atoms with Crippen LogP contribution in [-0.2, 0) is 4.74 Å². The number of rotatable bonds is 1. The van der Waals surface area contributed by atoms with Gasteiger partial charge < -0.3 is 14.9 Å². The number of aromatic nitrogens is 1. The van der Waals surface area contributed by atoms with E-state index >= 15 is 0 Å². The van der Waals surface area contributed by atoms with Gasteiger partial charge in [-0.15, -0.1) is 0 Å². The fraction of sp³-hybridized carbons (Fsp3) is 0.333. The van der Waals surface area contributed by atoms with Crippen LogP contribution in [0.25, 0.3) is 5.69 Å². The van der Waals surface area contributed by atoms with E-state index in [2.05, 4.69) is 0 Å². The summed E-state index contributed by atoms with van der Waals surface area (Å²) in [5.41, 5.74) is 3.08. The molecule has 0 aliphatic carbocycles. The third-order valence-electron chi connectivity index (χ3n) is 4.27. The van der Waals surface area contributed by atoms with E-state index in [1.54, 1.807) is 6.07 Å². The van der Waals surface area contributed by atoms with Crippen LogP contribution in [0.4, 0.5) is 0 Å². The zero-order valence-electron chi connectivity index (χ0n) is 10.9. The summed E-state index contributed by atoms with van der Waals surface area (Å²) in [5, 5.41) is 21.5. The van der Waals surface area contributed by atoms with E-state index in [4.69, 9.17) is 16.3 Å². The quantitative estimate of drug-likeness (QED) is 0.841. The predicted octanol–water partition coefficient (Wildman–Crippen LogP) is 3.76. The van der Waals surface area contributed by atoms with Gasteiger partial charge in [-0.25, -0.2) is 0 Å². The van der Waals surface area contributed by atoms with Gasteiger partial charge in [0.1, 0.15) is 0 Å². The molecule has 5 heteroatoms. The molecule has 1 aromatic heterocycles. The van der Waals surface area contributed by atoms with E-state index < -0.39 is 0 Å². The molecule has 1 fully saturated rings. The minimum Gasteiger partial charge on any atom is -0.494 e. The number of nitrogens with zero attached hydrogens (tertiary/aromatic N) is 1. The Morgan fingerprint density at radius 2 is 1.75 bits per heavy atom. The Morgan fingerprint density at radius 1 is 1.15 bits per heavy atom. The van der Waals surface area contributed by atoms with Crippen LogP contribution in [0.3, 0.4) is 0 Å². The van der Waals surface area contributed by atoms with Gasteiger partial charge in [0.05, 0.1) is 29.0 Å². The Labute approximate surface area is 121 Å². The molecular weight excluding hydrogens is 278 g/mol. The molecule has 2 aliphatic rings. The molecule has 2 atom stereocenters. The van der Waals surface area contributed by atoms with Crippen molar-refractivity contribution in [1.82, 2.24) is 4.57 Å². The number of ether oxygens (including phenoxy) is 1. The summed E-state index contributed by atoms with van der Waals surface area (Å²) in [7, 11) is 0. The van der Waals surface area contributed by atoms with Gasteiger partial charge in [-0.3, -0.25) is 4.57 Å². The lowest BCUT2D eigenvalue weighted by molar-refractivity contribution is 0.0683. The van der Waals surface area contributed by atoms with Crippen molar-refractivity contribution in [3.8, 4) is 17.4 Å². The highest BCUT2D eigenvalue weighted by Crippen LogP contribution is 2.58. The molecule has 0 amide bonds. The Morgan fingerprint density at radius 3 is 2.30 bits per heavy atom. The molecule has 1 aromatic carbocycles. The minimum atomic E-state index is -0.0944. The Balaban J connectivity index is 1.94. The van der Waals surface area contributed by atoms with Crippen LogP contribution in [0.15, 0.2) is 18.2 Å². The Bertz CT molecular complexity index is 689. The van der Waals surface area contributed by atoms with Gasteiger partial charge >= 0.3 is 0 Å². The summed E-state index contributed by atoms with van der Waals surface area (Å²) in [6.45, 7) is 1.91. The summed E-state index contributed by atoms with van der Waals surface area (Å²) >= 11 is 6.13. The fourth-order valence-corrected chi connectivity index (χ4v) is 3.42. The summed E-state index contributed by atoms with van der Waals surface area (Å²) in [4.78, 5) is 0. The topological polar surface area (TPSA) is 54.6 Å².